The Morgan fingerprint density at radius 2 is 1.75 bits per heavy atom. The molecule has 0 saturated heterocycles. The molecule has 0 spiro atoms. The zero-order valence-electron chi connectivity index (χ0n) is 16.3. The van der Waals surface area contributed by atoms with Crippen molar-refractivity contribution in [1.29, 1.82) is 0 Å². The van der Waals surface area contributed by atoms with E-state index in [1.807, 2.05) is 39.1 Å². The maximum atomic E-state index is 12.8. The van der Waals surface area contributed by atoms with Crippen LogP contribution in [-0.4, -0.2) is 51.9 Å². The van der Waals surface area contributed by atoms with Crippen molar-refractivity contribution in [2.75, 3.05) is 20.1 Å². The van der Waals surface area contributed by atoms with Gasteiger partial charge in [0.25, 0.3) is 0 Å². The molecule has 1 aromatic carbocycles. The van der Waals surface area contributed by atoms with Gasteiger partial charge in [0, 0.05) is 25.8 Å². The van der Waals surface area contributed by atoms with Crippen molar-refractivity contribution in [1.82, 2.24) is 23.4 Å². The van der Waals surface area contributed by atoms with Gasteiger partial charge in [0.15, 0.2) is 5.65 Å². The Labute approximate surface area is 170 Å². The number of pyridine rings is 1. The van der Waals surface area contributed by atoms with Crippen LogP contribution in [-0.2, 0) is 23.2 Å². The van der Waals surface area contributed by atoms with E-state index in [0.29, 0.717) is 30.2 Å². The van der Waals surface area contributed by atoms with Gasteiger partial charge in [-0.1, -0.05) is 44.2 Å². The number of aromatic nitrogens is 3. The number of hydrogen-bond donors (Lipinski definition) is 0. The standard InChI is InChI=1S/C19H25N5O2S2/c1-4-22(5-2)28(25,26)17-11-12-18-20-24(19(27)23(18)14-17)15-21(3)13-16-9-7-6-8-10-16/h6-12,14H,4-5,13,15H2,1-3H3. The smallest absolute Gasteiger partial charge is 0.244 e. The van der Waals surface area contributed by atoms with Crippen LogP contribution in [0.4, 0.5) is 0 Å². The summed E-state index contributed by atoms with van der Waals surface area (Å²) in [5, 5.41) is 4.53. The average Bonchev–Trinajstić information content (AvgIpc) is 2.98. The molecule has 2 heterocycles. The van der Waals surface area contributed by atoms with Gasteiger partial charge in [-0.25, -0.2) is 13.1 Å². The predicted molar refractivity (Wildman–Crippen MR) is 112 cm³/mol. The molecular formula is C19H25N5O2S2. The fourth-order valence-corrected chi connectivity index (χ4v) is 4.83. The van der Waals surface area contributed by atoms with Gasteiger partial charge >= 0.3 is 0 Å². The normalized spacial score (nSPS) is 12.3. The molecule has 0 saturated carbocycles. The van der Waals surface area contributed by atoms with E-state index < -0.39 is 10.0 Å². The van der Waals surface area contributed by atoms with Crippen LogP contribution < -0.4 is 0 Å². The minimum atomic E-state index is -3.55. The van der Waals surface area contributed by atoms with Crippen molar-refractivity contribution in [3.63, 3.8) is 0 Å². The topological polar surface area (TPSA) is 62.9 Å². The van der Waals surface area contributed by atoms with Crippen molar-refractivity contribution < 1.29 is 8.42 Å². The van der Waals surface area contributed by atoms with Crippen molar-refractivity contribution in [3.05, 3.63) is 59.0 Å². The lowest BCUT2D eigenvalue weighted by molar-refractivity contribution is 0.245. The second-order valence-electron chi connectivity index (χ2n) is 6.61. The van der Waals surface area contributed by atoms with E-state index in [9.17, 15) is 8.42 Å². The fourth-order valence-electron chi connectivity index (χ4n) is 3.13. The number of sulfonamides is 1. The lowest BCUT2D eigenvalue weighted by atomic mass is 10.2. The third-order valence-corrected chi connectivity index (χ3v) is 7.00. The quantitative estimate of drug-likeness (QED) is 0.525. The highest BCUT2D eigenvalue weighted by molar-refractivity contribution is 7.89. The van der Waals surface area contributed by atoms with Gasteiger partial charge in [-0.15, -0.1) is 0 Å². The van der Waals surface area contributed by atoms with Crippen LogP contribution in [0.1, 0.15) is 19.4 Å². The summed E-state index contributed by atoms with van der Waals surface area (Å²) in [6.45, 7) is 5.76. The number of hydrogen-bond acceptors (Lipinski definition) is 5. The lowest BCUT2D eigenvalue weighted by Gasteiger charge is -2.18. The van der Waals surface area contributed by atoms with E-state index in [2.05, 4.69) is 22.1 Å². The summed E-state index contributed by atoms with van der Waals surface area (Å²) in [6, 6.07) is 13.4. The van der Waals surface area contributed by atoms with Crippen LogP contribution in [0.25, 0.3) is 5.65 Å². The van der Waals surface area contributed by atoms with Gasteiger partial charge in [0.05, 0.1) is 11.6 Å². The van der Waals surface area contributed by atoms with Gasteiger partial charge in [0.2, 0.25) is 14.8 Å². The maximum absolute atomic E-state index is 12.8. The van der Waals surface area contributed by atoms with Crippen LogP contribution in [0.2, 0.25) is 0 Å². The minimum absolute atomic E-state index is 0.219. The van der Waals surface area contributed by atoms with E-state index in [1.54, 1.807) is 27.4 Å². The number of nitrogens with zero attached hydrogens (tertiary/aromatic N) is 5. The number of rotatable bonds is 8. The minimum Gasteiger partial charge on any atom is -0.283 e. The Balaban J connectivity index is 1.88. The molecule has 3 aromatic rings. The number of fused-ring (bicyclic) bond motifs is 1. The highest BCUT2D eigenvalue weighted by Crippen LogP contribution is 2.17. The summed E-state index contributed by atoms with van der Waals surface area (Å²) in [5.41, 5.74) is 1.82. The summed E-state index contributed by atoms with van der Waals surface area (Å²) in [6.07, 6.45) is 1.56. The highest BCUT2D eigenvalue weighted by atomic mass is 32.2. The van der Waals surface area contributed by atoms with E-state index in [0.717, 1.165) is 6.54 Å². The number of benzene rings is 1. The summed E-state index contributed by atoms with van der Waals surface area (Å²) in [5.74, 6) is 0. The molecule has 7 nitrogen and oxygen atoms in total. The van der Waals surface area contributed by atoms with Crippen molar-refractivity contribution in [2.24, 2.45) is 0 Å². The van der Waals surface area contributed by atoms with Gasteiger partial charge in [0.1, 0.15) is 0 Å². The first kappa shape index (κ1) is 20.7. The third kappa shape index (κ3) is 4.17. The van der Waals surface area contributed by atoms with Crippen LogP contribution in [0.15, 0.2) is 53.6 Å². The zero-order chi connectivity index (χ0) is 20.3. The van der Waals surface area contributed by atoms with Gasteiger partial charge < -0.3 is 0 Å². The molecule has 0 radical (unpaired) electrons. The van der Waals surface area contributed by atoms with Crippen molar-refractivity contribution >= 4 is 27.9 Å². The van der Waals surface area contributed by atoms with Crippen LogP contribution in [0.5, 0.6) is 0 Å². The fraction of sp³-hybridized carbons (Fsp3) is 0.368. The molecule has 2 aromatic heterocycles. The van der Waals surface area contributed by atoms with Crippen molar-refractivity contribution in [3.8, 4) is 0 Å². The Bertz CT molecular complexity index is 1100. The molecule has 0 amide bonds. The van der Waals surface area contributed by atoms with E-state index in [4.69, 9.17) is 12.2 Å². The van der Waals surface area contributed by atoms with Crippen LogP contribution >= 0.6 is 12.2 Å². The Morgan fingerprint density at radius 3 is 2.39 bits per heavy atom. The summed E-state index contributed by atoms with van der Waals surface area (Å²) in [7, 11) is -1.55. The molecule has 0 aliphatic carbocycles. The first-order chi connectivity index (χ1) is 13.4. The Morgan fingerprint density at radius 1 is 1.07 bits per heavy atom. The van der Waals surface area contributed by atoms with Crippen LogP contribution in [0.3, 0.4) is 0 Å². The molecule has 0 fully saturated rings. The zero-order valence-corrected chi connectivity index (χ0v) is 17.9. The molecule has 0 aliphatic rings. The molecule has 0 aliphatic heterocycles. The molecule has 9 heteroatoms. The molecule has 3 rings (SSSR count). The second kappa shape index (κ2) is 8.52. The van der Waals surface area contributed by atoms with Crippen molar-refractivity contribution in [2.45, 2.75) is 32.0 Å². The maximum Gasteiger partial charge on any atom is 0.244 e. The molecule has 150 valence electrons. The summed E-state index contributed by atoms with van der Waals surface area (Å²) >= 11 is 5.54. The first-order valence-electron chi connectivity index (χ1n) is 9.18. The average molecular weight is 420 g/mol. The Hall–Kier alpha value is -2.07. The monoisotopic (exact) mass is 419 g/mol. The third-order valence-electron chi connectivity index (χ3n) is 4.56. The predicted octanol–water partition coefficient (Wildman–Crippen LogP) is 2.99. The molecule has 0 unspecified atom stereocenters. The largest absolute Gasteiger partial charge is 0.283 e. The van der Waals surface area contributed by atoms with Gasteiger partial charge in [-0.2, -0.15) is 9.40 Å². The van der Waals surface area contributed by atoms with E-state index >= 15 is 0 Å². The SMILES string of the molecule is CCN(CC)S(=O)(=O)c1ccc2nn(CN(C)Cc3ccccc3)c(=S)n2c1. The second-order valence-corrected chi connectivity index (χ2v) is 8.91. The van der Waals surface area contributed by atoms with E-state index in [1.165, 1.54) is 9.87 Å². The van der Waals surface area contributed by atoms with Crippen LogP contribution in [0, 0.1) is 4.77 Å². The molecule has 28 heavy (non-hydrogen) atoms. The molecule has 0 N–H and O–H groups in total. The van der Waals surface area contributed by atoms with Gasteiger partial charge in [-0.3, -0.25) is 9.30 Å². The molecular weight excluding hydrogens is 394 g/mol. The molecule has 0 atom stereocenters. The lowest BCUT2D eigenvalue weighted by Crippen LogP contribution is -2.30. The first-order valence-corrected chi connectivity index (χ1v) is 11.0. The highest BCUT2D eigenvalue weighted by Gasteiger charge is 2.22. The van der Waals surface area contributed by atoms with E-state index in [-0.39, 0.29) is 4.90 Å². The summed E-state index contributed by atoms with van der Waals surface area (Å²) < 4.78 is 30.8. The van der Waals surface area contributed by atoms with Gasteiger partial charge in [-0.05, 0) is 37.0 Å². The Kier molecular flexibility index (Phi) is 6.29. The molecule has 0 bridgehead atoms. The summed E-state index contributed by atoms with van der Waals surface area (Å²) in [4.78, 5) is 2.32.